The van der Waals surface area contributed by atoms with Crippen molar-refractivity contribution >= 4 is 0 Å². The molecule has 3 heteroatoms. The molecule has 0 spiro atoms. The predicted molar refractivity (Wildman–Crippen MR) is 74.5 cm³/mol. The Kier molecular flexibility index (Phi) is 4.05. The van der Waals surface area contributed by atoms with E-state index in [4.69, 9.17) is 4.42 Å². The lowest BCUT2D eigenvalue weighted by atomic mass is 10.0. The van der Waals surface area contributed by atoms with Crippen LogP contribution in [0.5, 0.6) is 0 Å². The summed E-state index contributed by atoms with van der Waals surface area (Å²) >= 11 is 0. The van der Waals surface area contributed by atoms with Crippen molar-refractivity contribution < 1.29 is 8.81 Å². The molecular weight excluding hydrogens is 241 g/mol. The van der Waals surface area contributed by atoms with Gasteiger partial charge in [-0.1, -0.05) is 12.1 Å². The fraction of sp³-hybridized carbons (Fsp3) is 0.375. The van der Waals surface area contributed by atoms with Gasteiger partial charge < -0.3 is 9.73 Å². The summed E-state index contributed by atoms with van der Waals surface area (Å²) in [6.45, 7) is 8.03. The molecule has 2 unspecified atom stereocenters. The van der Waals surface area contributed by atoms with Gasteiger partial charge in [0.2, 0.25) is 0 Å². The van der Waals surface area contributed by atoms with Crippen LogP contribution in [0.4, 0.5) is 4.39 Å². The van der Waals surface area contributed by atoms with Crippen LogP contribution in [0, 0.1) is 19.7 Å². The van der Waals surface area contributed by atoms with Gasteiger partial charge in [-0.25, -0.2) is 4.39 Å². The zero-order chi connectivity index (χ0) is 14.0. The SMILES string of the molecule is Cc1cc(C(C)NC(C)c2cccc(F)c2)c(C)o1. The quantitative estimate of drug-likeness (QED) is 0.879. The molecule has 102 valence electrons. The highest BCUT2D eigenvalue weighted by Gasteiger charge is 2.15. The molecule has 1 aromatic carbocycles. The van der Waals surface area contributed by atoms with Crippen molar-refractivity contribution in [3.05, 3.63) is 58.8 Å². The fourth-order valence-corrected chi connectivity index (χ4v) is 2.42. The molecule has 2 rings (SSSR count). The van der Waals surface area contributed by atoms with E-state index in [0.29, 0.717) is 0 Å². The number of hydrogen-bond acceptors (Lipinski definition) is 2. The van der Waals surface area contributed by atoms with E-state index in [1.54, 1.807) is 12.1 Å². The lowest BCUT2D eigenvalue weighted by molar-refractivity contribution is 0.467. The third kappa shape index (κ3) is 3.24. The van der Waals surface area contributed by atoms with Crippen LogP contribution in [-0.2, 0) is 0 Å². The van der Waals surface area contributed by atoms with Crippen molar-refractivity contribution in [2.45, 2.75) is 39.8 Å². The fourth-order valence-electron chi connectivity index (χ4n) is 2.42. The summed E-state index contributed by atoms with van der Waals surface area (Å²) in [5.74, 6) is 1.65. The number of rotatable bonds is 4. The van der Waals surface area contributed by atoms with Gasteiger partial charge in [0.25, 0.3) is 0 Å². The summed E-state index contributed by atoms with van der Waals surface area (Å²) in [4.78, 5) is 0. The molecule has 1 aromatic heterocycles. The van der Waals surface area contributed by atoms with Gasteiger partial charge in [-0.15, -0.1) is 0 Å². The Morgan fingerprint density at radius 1 is 1.11 bits per heavy atom. The zero-order valence-electron chi connectivity index (χ0n) is 11.8. The minimum absolute atomic E-state index is 0.0836. The molecular formula is C16H20FNO. The van der Waals surface area contributed by atoms with Gasteiger partial charge in [0, 0.05) is 17.6 Å². The first-order valence-corrected chi connectivity index (χ1v) is 6.56. The summed E-state index contributed by atoms with van der Waals surface area (Å²) in [6.07, 6.45) is 0. The standard InChI is InChI=1S/C16H20FNO/c1-10-8-16(13(4)19-10)12(3)18-11(2)14-6-5-7-15(17)9-14/h5-9,11-12,18H,1-4H3. The van der Waals surface area contributed by atoms with E-state index in [2.05, 4.69) is 12.2 Å². The van der Waals surface area contributed by atoms with Crippen molar-refractivity contribution in [2.24, 2.45) is 0 Å². The van der Waals surface area contributed by atoms with Crippen molar-refractivity contribution in [1.29, 1.82) is 0 Å². The number of furan rings is 1. The maximum Gasteiger partial charge on any atom is 0.123 e. The molecule has 0 aliphatic rings. The molecule has 0 aliphatic heterocycles. The average Bonchev–Trinajstić information content (AvgIpc) is 2.68. The van der Waals surface area contributed by atoms with Crippen LogP contribution < -0.4 is 5.32 Å². The van der Waals surface area contributed by atoms with E-state index >= 15 is 0 Å². The molecule has 1 heterocycles. The minimum atomic E-state index is -0.200. The number of benzene rings is 1. The van der Waals surface area contributed by atoms with E-state index < -0.39 is 0 Å². The summed E-state index contributed by atoms with van der Waals surface area (Å²) in [5, 5.41) is 3.47. The highest BCUT2D eigenvalue weighted by molar-refractivity contribution is 5.25. The smallest absolute Gasteiger partial charge is 0.123 e. The summed E-state index contributed by atoms with van der Waals surface area (Å²) in [5.41, 5.74) is 2.10. The monoisotopic (exact) mass is 261 g/mol. The highest BCUT2D eigenvalue weighted by atomic mass is 19.1. The maximum absolute atomic E-state index is 13.2. The maximum atomic E-state index is 13.2. The van der Waals surface area contributed by atoms with Crippen LogP contribution >= 0.6 is 0 Å². The van der Waals surface area contributed by atoms with Gasteiger partial charge in [0.1, 0.15) is 17.3 Å². The second kappa shape index (κ2) is 5.57. The minimum Gasteiger partial charge on any atom is -0.466 e. The molecule has 2 atom stereocenters. The lowest BCUT2D eigenvalue weighted by Crippen LogP contribution is -2.22. The molecule has 0 bridgehead atoms. The second-order valence-corrected chi connectivity index (χ2v) is 5.03. The highest BCUT2D eigenvalue weighted by Crippen LogP contribution is 2.24. The number of nitrogens with one attached hydrogen (secondary N) is 1. The third-order valence-electron chi connectivity index (χ3n) is 3.39. The lowest BCUT2D eigenvalue weighted by Gasteiger charge is -2.20. The number of aryl methyl sites for hydroxylation is 2. The summed E-state index contributed by atoms with van der Waals surface area (Å²) in [7, 11) is 0. The van der Waals surface area contributed by atoms with Gasteiger partial charge in [-0.2, -0.15) is 0 Å². The summed E-state index contributed by atoms with van der Waals surface area (Å²) < 4.78 is 18.8. The van der Waals surface area contributed by atoms with Gasteiger partial charge in [0.15, 0.2) is 0 Å². The van der Waals surface area contributed by atoms with Crippen LogP contribution in [0.25, 0.3) is 0 Å². The van der Waals surface area contributed by atoms with E-state index in [9.17, 15) is 4.39 Å². The Balaban J connectivity index is 2.10. The molecule has 0 aliphatic carbocycles. The van der Waals surface area contributed by atoms with Gasteiger partial charge in [0.05, 0.1) is 0 Å². The van der Waals surface area contributed by atoms with Crippen LogP contribution in [-0.4, -0.2) is 0 Å². The summed E-state index contributed by atoms with van der Waals surface area (Å²) in [6, 6.07) is 8.99. The van der Waals surface area contributed by atoms with E-state index in [0.717, 1.165) is 22.6 Å². The van der Waals surface area contributed by atoms with Crippen LogP contribution in [0.15, 0.2) is 34.7 Å². The topological polar surface area (TPSA) is 25.2 Å². The van der Waals surface area contributed by atoms with E-state index in [1.165, 1.54) is 6.07 Å². The molecule has 2 nitrogen and oxygen atoms in total. The second-order valence-electron chi connectivity index (χ2n) is 5.03. The normalized spacial score (nSPS) is 14.4. The first-order chi connectivity index (χ1) is 8.97. The Labute approximate surface area is 113 Å². The van der Waals surface area contributed by atoms with E-state index in [-0.39, 0.29) is 17.9 Å². The Hall–Kier alpha value is -1.61. The molecule has 1 N–H and O–H groups in total. The average molecular weight is 261 g/mol. The van der Waals surface area contributed by atoms with Crippen molar-refractivity contribution in [3.8, 4) is 0 Å². The van der Waals surface area contributed by atoms with Crippen molar-refractivity contribution in [1.82, 2.24) is 5.32 Å². The van der Waals surface area contributed by atoms with Crippen molar-refractivity contribution in [3.63, 3.8) is 0 Å². The Bertz CT molecular complexity index is 562. The molecule has 0 amide bonds. The largest absolute Gasteiger partial charge is 0.466 e. The van der Waals surface area contributed by atoms with Gasteiger partial charge >= 0.3 is 0 Å². The number of halogens is 1. The van der Waals surface area contributed by atoms with Gasteiger partial charge in [-0.05, 0) is 51.5 Å². The first-order valence-electron chi connectivity index (χ1n) is 6.56. The Morgan fingerprint density at radius 2 is 1.84 bits per heavy atom. The molecule has 0 radical (unpaired) electrons. The first kappa shape index (κ1) is 13.8. The van der Waals surface area contributed by atoms with Crippen LogP contribution in [0.2, 0.25) is 0 Å². The zero-order valence-corrected chi connectivity index (χ0v) is 11.8. The predicted octanol–water partition coefficient (Wildman–Crippen LogP) is 4.45. The van der Waals surface area contributed by atoms with Crippen LogP contribution in [0.3, 0.4) is 0 Å². The molecule has 0 saturated carbocycles. The van der Waals surface area contributed by atoms with Gasteiger partial charge in [-0.3, -0.25) is 0 Å². The molecule has 0 saturated heterocycles. The van der Waals surface area contributed by atoms with Crippen LogP contribution in [0.1, 0.15) is 48.6 Å². The Morgan fingerprint density at radius 3 is 2.42 bits per heavy atom. The number of hydrogen-bond donors (Lipinski definition) is 1. The molecule has 2 aromatic rings. The molecule has 19 heavy (non-hydrogen) atoms. The third-order valence-corrected chi connectivity index (χ3v) is 3.39. The molecule has 0 fully saturated rings. The van der Waals surface area contributed by atoms with Crippen molar-refractivity contribution in [2.75, 3.05) is 0 Å². The van der Waals surface area contributed by atoms with E-state index in [1.807, 2.05) is 32.9 Å².